The third kappa shape index (κ3) is 5.89. The molecule has 0 aromatic carbocycles. The lowest BCUT2D eigenvalue weighted by Gasteiger charge is -2.18. The molecular formula is C6H13Cl2O4P. The van der Waals surface area contributed by atoms with Gasteiger partial charge in [-0.3, -0.25) is 13.6 Å². The summed E-state index contributed by atoms with van der Waals surface area (Å²) in [6.45, 7) is 3.81. The van der Waals surface area contributed by atoms with Crippen LogP contribution in [0.4, 0.5) is 0 Å². The van der Waals surface area contributed by atoms with E-state index in [0.717, 1.165) is 0 Å². The van der Waals surface area contributed by atoms with E-state index >= 15 is 0 Å². The summed E-state index contributed by atoms with van der Waals surface area (Å²) >= 11 is 10.9. The number of rotatable bonds is 7. The normalized spacial score (nSPS) is 14.5. The second kappa shape index (κ2) is 7.04. The summed E-state index contributed by atoms with van der Waals surface area (Å²) < 4.78 is 26.0. The van der Waals surface area contributed by atoms with Gasteiger partial charge in [-0.15, -0.1) is 11.6 Å². The van der Waals surface area contributed by atoms with Crippen molar-refractivity contribution in [2.24, 2.45) is 0 Å². The van der Waals surface area contributed by atoms with Crippen LogP contribution in [0, 0.1) is 0 Å². The van der Waals surface area contributed by atoms with Crippen molar-refractivity contribution in [1.29, 1.82) is 0 Å². The van der Waals surface area contributed by atoms with E-state index in [2.05, 4.69) is 0 Å². The molecule has 0 fully saturated rings. The quantitative estimate of drug-likeness (QED) is 0.515. The van der Waals surface area contributed by atoms with Crippen LogP contribution in [-0.2, 0) is 18.1 Å². The second-order valence-electron chi connectivity index (χ2n) is 1.95. The molecule has 13 heavy (non-hydrogen) atoms. The van der Waals surface area contributed by atoms with Gasteiger partial charge in [0.15, 0.2) is 5.56 Å². The van der Waals surface area contributed by atoms with Gasteiger partial charge < -0.3 is 0 Å². The monoisotopic (exact) mass is 250 g/mol. The van der Waals surface area contributed by atoms with Crippen LogP contribution in [0.1, 0.15) is 13.8 Å². The molecule has 0 radical (unpaired) electrons. The fourth-order valence-corrected chi connectivity index (χ4v) is 2.21. The summed E-state index contributed by atoms with van der Waals surface area (Å²) in [4.78, 5) is 0. The Hall–Kier alpha value is 0.690. The lowest BCUT2D eigenvalue weighted by Crippen LogP contribution is -2.08. The van der Waals surface area contributed by atoms with E-state index in [1.54, 1.807) is 13.8 Å². The van der Waals surface area contributed by atoms with Crippen molar-refractivity contribution in [3.63, 3.8) is 0 Å². The lowest BCUT2D eigenvalue weighted by molar-refractivity contribution is 0.116. The third-order valence-corrected chi connectivity index (χ3v) is 3.41. The van der Waals surface area contributed by atoms with Crippen LogP contribution in [-0.4, -0.2) is 24.7 Å². The molecule has 0 aliphatic carbocycles. The van der Waals surface area contributed by atoms with Gasteiger partial charge in [0, 0.05) is 0 Å². The fraction of sp³-hybridized carbons (Fsp3) is 1.00. The summed E-state index contributed by atoms with van der Waals surface area (Å²) in [6.07, 6.45) is 0. The lowest BCUT2D eigenvalue weighted by atomic mass is 10.9. The largest absolute Gasteiger partial charge is 0.476 e. The number of hydrogen-bond donors (Lipinski definition) is 0. The van der Waals surface area contributed by atoms with Crippen molar-refractivity contribution < 1.29 is 18.1 Å². The molecule has 0 aromatic heterocycles. The minimum Gasteiger partial charge on any atom is -0.287 e. The molecular weight excluding hydrogens is 238 g/mol. The number of phosphoric acid groups is 1. The van der Waals surface area contributed by atoms with E-state index in [0.29, 0.717) is 0 Å². The fourth-order valence-electron chi connectivity index (χ4n) is 0.583. The first-order valence-electron chi connectivity index (χ1n) is 3.85. The maximum Gasteiger partial charge on any atom is 0.476 e. The van der Waals surface area contributed by atoms with Gasteiger partial charge in [-0.1, -0.05) is 11.6 Å². The van der Waals surface area contributed by atoms with Gasteiger partial charge >= 0.3 is 7.82 Å². The van der Waals surface area contributed by atoms with Crippen molar-refractivity contribution in [2.45, 2.75) is 19.4 Å². The van der Waals surface area contributed by atoms with Gasteiger partial charge in [0.2, 0.25) is 0 Å². The predicted octanol–water partition coefficient (Wildman–Crippen LogP) is 2.99. The Morgan fingerprint density at radius 1 is 1.31 bits per heavy atom. The smallest absolute Gasteiger partial charge is 0.287 e. The average molecular weight is 251 g/mol. The maximum absolute atomic E-state index is 11.6. The molecule has 0 saturated carbocycles. The molecule has 0 N–H and O–H groups in total. The highest BCUT2D eigenvalue weighted by Crippen LogP contribution is 2.50. The first kappa shape index (κ1) is 13.7. The molecule has 0 heterocycles. The molecule has 0 amide bonds. The zero-order valence-electron chi connectivity index (χ0n) is 7.53. The highest BCUT2D eigenvalue weighted by atomic mass is 35.5. The molecule has 1 atom stereocenters. The Morgan fingerprint density at radius 2 is 1.77 bits per heavy atom. The molecule has 4 nitrogen and oxygen atoms in total. The van der Waals surface area contributed by atoms with E-state index < -0.39 is 13.4 Å². The van der Waals surface area contributed by atoms with Crippen LogP contribution in [0.2, 0.25) is 0 Å². The van der Waals surface area contributed by atoms with Gasteiger partial charge in [0.1, 0.15) is 0 Å². The number of halogens is 2. The standard InChI is InChI=1S/C6H13Cl2O4P/c1-3-10-13(9,11-4-2)12-6(8)5-7/h6H,3-5H2,1-2H3. The van der Waals surface area contributed by atoms with Gasteiger partial charge in [-0.2, -0.15) is 0 Å². The molecule has 0 aliphatic rings. The van der Waals surface area contributed by atoms with E-state index in [-0.39, 0.29) is 19.1 Å². The Morgan fingerprint density at radius 3 is 2.08 bits per heavy atom. The predicted molar refractivity (Wildman–Crippen MR) is 52.3 cm³/mol. The minimum absolute atomic E-state index is 0.0195. The van der Waals surface area contributed by atoms with E-state index in [9.17, 15) is 4.57 Å². The molecule has 0 aromatic rings. The first-order valence-corrected chi connectivity index (χ1v) is 6.28. The van der Waals surface area contributed by atoms with Crippen molar-refractivity contribution in [3.8, 4) is 0 Å². The van der Waals surface area contributed by atoms with Crippen LogP contribution >= 0.6 is 31.0 Å². The average Bonchev–Trinajstić information content (AvgIpc) is 2.04. The van der Waals surface area contributed by atoms with E-state index in [4.69, 9.17) is 36.8 Å². The number of hydrogen-bond acceptors (Lipinski definition) is 4. The molecule has 1 unspecified atom stereocenters. The summed E-state index contributed by atoms with van der Waals surface area (Å²) in [7, 11) is -3.51. The van der Waals surface area contributed by atoms with Gasteiger partial charge in [-0.05, 0) is 13.8 Å². The molecule has 0 bridgehead atoms. The van der Waals surface area contributed by atoms with Crippen LogP contribution in [0.15, 0.2) is 0 Å². The van der Waals surface area contributed by atoms with Crippen LogP contribution < -0.4 is 0 Å². The SMILES string of the molecule is CCOP(=O)(OCC)OC(Cl)CCl. The molecule has 0 saturated heterocycles. The Bertz CT molecular complexity index is 168. The van der Waals surface area contributed by atoms with Gasteiger partial charge in [-0.25, -0.2) is 4.57 Å². The molecule has 80 valence electrons. The molecule has 0 rings (SSSR count). The summed E-state index contributed by atoms with van der Waals surface area (Å²) in [5, 5.41) is 0. The van der Waals surface area contributed by atoms with Gasteiger partial charge in [0.25, 0.3) is 0 Å². The maximum atomic E-state index is 11.6. The van der Waals surface area contributed by atoms with Crippen molar-refractivity contribution >= 4 is 31.0 Å². The summed E-state index contributed by atoms with van der Waals surface area (Å²) in [5.41, 5.74) is -0.870. The van der Waals surface area contributed by atoms with E-state index in [1.165, 1.54) is 0 Å². The highest BCUT2D eigenvalue weighted by molar-refractivity contribution is 7.48. The van der Waals surface area contributed by atoms with Gasteiger partial charge in [0.05, 0.1) is 19.1 Å². The topological polar surface area (TPSA) is 44.8 Å². The van der Waals surface area contributed by atoms with Crippen LogP contribution in [0.3, 0.4) is 0 Å². The zero-order chi connectivity index (χ0) is 10.3. The van der Waals surface area contributed by atoms with Crippen LogP contribution in [0.5, 0.6) is 0 Å². The van der Waals surface area contributed by atoms with Crippen molar-refractivity contribution in [3.05, 3.63) is 0 Å². The van der Waals surface area contributed by atoms with E-state index in [1.807, 2.05) is 0 Å². The third-order valence-electron chi connectivity index (χ3n) is 0.939. The summed E-state index contributed by atoms with van der Waals surface area (Å²) in [6, 6.07) is 0. The Labute approximate surface area is 88.1 Å². The first-order chi connectivity index (χ1) is 6.08. The molecule has 0 spiro atoms. The molecule has 7 heteroatoms. The van der Waals surface area contributed by atoms with Crippen molar-refractivity contribution in [1.82, 2.24) is 0 Å². The Balaban J connectivity index is 4.14. The summed E-state index contributed by atoms with van der Waals surface area (Å²) in [5.74, 6) is 0.0195. The number of phosphoric ester groups is 1. The van der Waals surface area contributed by atoms with Crippen LogP contribution in [0.25, 0.3) is 0 Å². The van der Waals surface area contributed by atoms with Crippen molar-refractivity contribution in [2.75, 3.05) is 19.1 Å². The minimum atomic E-state index is -3.51. The number of alkyl halides is 2. The Kier molecular flexibility index (Phi) is 7.42. The molecule has 0 aliphatic heterocycles. The second-order valence-corrected chi connectivity index (χ2v) is 4.37. The zero-order valence-corrected chi connectivity index (χ0v) is 9.94. The highest BCUT2D eigenvalue weighted by Gasteiger charge is 2.28.